The molecule has 0 amide bonds. The van der Waals surface area contributed by atoms with E-state index in [0.717, 1.165) is 70.6 Å². The van der Waals surface area contributed by atoms with Gasteiger partial charge in [-0.05, 0) is 89.9 Å². The van der Waals surface area contributed by atoms with E-state index in [1.807, 2.05) is 12.2 Å². The van der Waals surface area contributed by atoms with Crippen LogP contribution in [-0.4, -0.2) is 81.6 Å². The van der Waals surface area contributed by atoms with Gasteiger partial charge in [0.15, 0.2) is 6.10 Å². The number of hydrogen-bond donors (Lipinski definition) is 5. The number of phosphoric ester groups is 2. The van der Waals surface area contributed by atoms with Crippen LogP contribution < -0.4 is 0 Å². The highest BCUT2D eigenvalue weighted by molar-refractivity contribution is 7.47. The summed E-state index contributed by atoms with van der Waals surface area (Å²) in [7, 11) is -9.77. The first-order valence-electron chi connectivity index (χ1n) is 22.7. The van der Waals surface area contributed by atoms with Crippen molar-refractivity contribution >= 4 is 27.6 Å². The van der Waals surface area contributed by atoms with Gasteiger partial charge in [-0.3, -0.25) is 23.2 Å². The molecule has 14 nitrogen and oxygen atoms in total. The summed E-state index contributed by atoms with van der Waals surface area (Å²) in [4.78, 5) is 52.8. The van der Waals surface area contributed by atoms with E-state index in [0.29, 0.717) is 6.42 Å². The highest BCUT2D eigenvalue weighted by Crippen LogP contribution is 2.43. The molecular weight excluding hydrogens is 862 g/mol. The zero-order valence-corrected chi connectivity index (χ0v) is 40.0. The highest BCUT2D eigenvalue weighted by Gasteiger charge is 2.28. The summed E-state index contributed by atoms with van der Waals surface area (Å²) in [5, 5.41) is 20.1. The summed E-state index contributed by atoms with van der Waals surface area (Å²) in [6.07, 6.45) is 48.2. The van der Waals surface area contributed by atoms with Gasteiger partial charge < -0.3 is 34.4 Å². The number of phosphoric acid groups is 2. The number of aliphatic hydroxyl groups is 2. The Labute approximate surface area is 383 Å². The first kappa shape index (κ1) is 60.7. The average Bonchev–Trinajstić information content (AvgIpc) is 3.25. The van der Waals surface area contributed by atoms with Gasteiger partial charge in [-0.2, -0.15) is 0 Å². The molecule has 0 fully saturated rings. The number of esters is 2. The molecule has 0 aromatic rings. The fourth-order valence-electron chi connectivity index (χ4n) is 5.30. The Morgan fingerprint density at radius 1 is 0.531 bits per heavy atom. The molecule has 2 unspecified atom stereocenters. The zero-order valence-electron chi connectivity index (χ0n) is 38.2. The predicted octanol–water partition coefficient (Wildman–Crippen LogP) is 10.9. The van der Waals surface area contributed by atoms with Crippen molar-refractivity contribution in [1.82, 2.24) is 0 Å². The van der Waals surface area contributed by atoms with Crippen molar-refractivity contribution in [1.29, 1.82) is 0 Å². The molecule has 0 saturated heterocycles. The molecule has 0 saturated carbocycles. The lowest BCUT2D eigenvalue weighted by atomic mass is 10.1. The van der Waals surface area contributed by atoms with Gasteiger partial charge in [-0.15, -0.1) is 0 Å². The van der Waals surface area contributed by atoms with E-state index in [4.69, 9.17) is 23.8 Å². The van der Waals surface area contributed by atoms with Gasteiger partial charge in [0, 0.05) is 12.8 Å². The normalized spacial score (nSPS) is 15.4. The molecule has 4 atom stereocenters. The Balaban J connectivity index is 4.76. The third-order valence-electron chi connectivity index (χ3n) is 8.74. The Morgan fingerprint density at radius 2 is 1.03 bits per heavy atom. The lowest BCUT2D eigenvalue weighted by Crippen LogP contribution is -2.30. The number of allylic oxidation sites excluding steroid dienone is 17. The maximum Gasteiger partial charge on any atom is 0.472 e. The second kappa shape index (κ2) is 42.4. The molecule has 0 aliphatic rings. The van der Waals surface area contributed by atoms with Crippen LogP contribution in [0.2, 0.25) is 0 Å². The molecule has 0 aliphatic heterocycles. The minimum absolute atomic E-state index is 0.110. The van der Waals surface area contributed by atoms with E-state index in [-0.39, 0.29) is 25.7 Å². The summed E-state index contributed by atoms with van der Waals surface area (Å²) < 4.78 is 47.6. The van der Waals surface area contributed by atoms with Gasteiger partial charge in [0.05, 0.1) is 25.9 Å². The molecule has 0 rings (SSSR count). The first-order valence-corrected chi connectivity index (χ1v) is 25.7. The van der Waals surface area contributed by atoms with Crippen molar-refractivity contribution in [2.75, 3.05) is 26.4 Å². The van der Waals surface area contributed by atoms with Crippen molar-refractivity contribution in [3.8, 4) is 0 Å². The molecule has 0 aromatic heterocycles. The molecule has 0 heterocycles. The lowest BCUT2D eigenvalue weighted by molar-refractivity contribution is -0.161. The summed E-state index contributed by atoms with van der Waals surface area (Å²) in [5.41, 5.74) is 0. The quantitative estimate of drug-likeness (QED) is 0.0127. The van der Waals surface area contributed by atoms with Crippen molar-refractivity contribution in [2.24, 2.45) is 0 Å². The molecule has 0 spiro atoms. The van der Waals surface area contributed by atoms with Crippen LogP contribution in [0, 0.1) is 0 Å². The minimum atomic E-state index is -4.90. The van der Waals surface area contributed by atoms with E-state index in [2.05, 4.69) is 108 Å². The SMILES string of the molecule is CC/C=C\C/C=C\C/C=C\C/C=C\C=C\C(O)CCCC(=O)O[C@H](COC(=O)CCCCC/C=C\C/C=C\C/C=C\C/C=C\CCCCC)COP(=O)(O)OC[C@@H](O)COP(=O)(O)O. The van der Waals surface area contributed by atoms with E-state index in [1.54, 1.807) is 12.2 Å². The summed E-state index contributed by atoms with van der Waals surface area (Å²) in [5.74, 6) is -1.28. The van der Waals surface area contributed by atoms with E-state index < -0.39 is 72.3 Å². The third kappa shape index (κ3) is 45.3. The van der Waals surface area contributed by atoms with Gasteiger partial charge in [-0.25, -0.2) is 9.13 Å². The zero-order chi connectivity index (χ0) is 47.4. The smallest absolute Gasteiger partial charge is 0.462 e. The van der Waals surface area contributed by atoms with Crippen LogP contribution in [0.5, 0.6) is 0 Å². The van der Waals surface area contributed by atoms with Crippen molar-refractivity contribution in [3.63, 3.8) is 0 Å². The topological polar surface area (TPSA) is 216 Å². The van der Waals surface area contributed by atoms with Crippen molar-refractivity contribution in [3.05, 3.63) is 109 Å². The molecule has 64 heavy (non-hydrogen) atoms. The number of carbonyl (C=O) groups excluding carboxylic acids is 2. The van der Waals surface area contributed by atoms with Crippen molar-refractivity contribution < 1.29 is 66.7 Å². The van der Waals surface area contributed by atoms with Crippen LogP contribution in [0.25, 0.3) is 0 Å². The Kier molecular flexibility index (Phi) is 40.2. The summed E-state index contributed by atoms with van der Waals surface area (Å²) in [6.45, 7) is 1.34. The molecule has 0 aliphatic carbocycles. The number of hydrogen-bond acceptors (Lipinski definition) is 11. The van der Waals surface area contributed by atoms with Crippen LogP contribution in [0.4, 0.5) is 0 Å². The van der Waals surface area contributed by atoms with Crippen LogP contribution >= 0.6 is 15.6 Å². The van der Waals surface area contributed by atoms with E-state index in [9.17, 15) is 33.8 Å². The fraction of sp³-hybridized carbons (Fsp3) is 0.583. The Morgan fingerprint density at radius 3 is 1.59 bits per heavy atom. The van der Waals surface area contributed by atoms with E-state index >= 15 is 0 Å². The summed E-state index contributed by atoms with van der Waals surface area (Å²) in [6, 6.07) is 0. The molecule has 0 bridgehead atoms. The monoisotopic (exact) mass is 940 g/mol. The lowest BCUT2D eigenvalue weighted by Gasteiger charge is -2.20. The molecule has 16 heteroatoms. The average molecular weight is 941 g/mol. The maximum absolute atomic E-state index is 12.7. The largest absolute Gasteiger partial charge is 0.472 e. The second-order valence-corrected chi connectivity index (χ2v) is 17.5. The Bertz CT molecular complexity index is 1560. The third-order valence-corrected chi connectivity index (χ3v) is 10.2. The van der Waals surface area contributed by atoms with Crippen LogP contribution in [0.15, 0.2) is 109 Å². The van der Waals surface area contributed by atoms with Gasteiger partial charge in [0.25, 0.3) is 0 Å². The highest BCUT2D eigenvalue weighted by atomic mass is 31.2. The predicted molar refractivity (Wildman–Crippen MR) is 254 cm³/mol. The first-order chi connectivity index (χ1) is 30.8. The Hall–Kier alpha value is -3.26. The minimum Gasteiger partial charge on any atom is -0.462 e. The molecule has 5 N–H and O–H groups in total. The van der Waals surface area contributed by atoms with Crippen molar-refractivity contribution in [2.45, 2.75) is 154 Å². The standard InChI is InChI=1S/C48H78O14P2/c1-3-5-7-9-11-13-15-17-18-19-20-21-22-24-26-28-30-32-34-38-47(51)58-42-46(43-61-64(56,57)60-41-45(50)40-59-63(53,54)55)62-48(52)39-35-37-44(49)36-33-31-29-27-25-23-16-14-12-10-8-6-4-2/h6,8,11-14,17-18,20-21,23-26,29,31,33,36,44-46,49-50H,3-5,7,9-10,15-16,19,22,27-28,30,32,34-35,37-43H2,1-2H3,(H,56,57)(H2,53,54,55)/b8-6-,13-11-,14-12-,18-17-,21-20-,25-23-,26-24-,31-29-,36-33+/t44?,45-,46+/m0/s1. The molecular formula is C48H78O14P2. The fourth-order valence-corrected chi connectivity index (χ4v) is 6.46. The van der Waals surface area contributed by atoms with Crippen LogP contribution in [0.3, 0.4) is 0 Å². The number of aliphatic hydroxyl groups excluding tert-OH is 2. The number of rotatable bonds is 41. The number of carbonyl (C=O) groups is 2. The molecule has 364 valence electrons. The molecule has 0 radical (unpaired) electrons. The van der Waals surface area contributed by atoms with E-state index in [1.165, 1.54) is 19.3 Å². The summed E-state index contributed by atoms with van der Waals surface area (Å²) >= 11 is 0. The number of ether oxygens (including phenoxy) is 2. The maximum atomic E-state index is 12.7. The van der Waals surface area contributed by atoms with Crippen LogP contribution in [0.1, 0.15) is 136 Å². The van der Waals surface area contributed by atoms with Gasteiger partial charge in [-0.1, -0.05) is 142 Å². The second-order valence-electron chi connectivity index (χ2n) is 14.8. The van der Waals surface area contributed by atoms with Gasteiger partial charge in [0.1, 0.15) is 12.7 Å². The number of unbranched alkanes of at least 4 members (excludes halogenated alkanes) is 6. The van der Waals surface area contributed by atoms with Gasteiger partial charge in [0.2, 0.25) is 0 Å². The van der Waals surface area contributed by atoms with Gasteiger partial charge >= 0.3 is 27.6 Å². The van der Waals surface area contributed by atoms with Crippen LogP contribution in [-0.2, 0) is 41.8 Å². The molecule has 0 aromatic carbocycles.